The standard InChI is InChI=1S/C21H21F2N7O2S/c1-12-14-8-13(11-24-20(14)29(2)27-12)33(31,32)28-18-9-15(16(22)10-17(18)23)21-26-25-19-6-4-3-5-7-30(19)21/h8-11,28H,3-7H2,1-2H3. The number of anilines is 1. The van der Waals surface area contributed by atoms with Crippen LogP contribution in [0.25, 0.3) is 22.4 Å². The first kappa shape index (κ1) is 21.4. The number of halogens is 2. The summed E-state index contributed by atoms with van der Waals surface area (Å²) in [6, 6.07) is 3.19. The Kier molecular flexibility index (Phi) is 5.11. The Labute approximate surface area is 188 Å². The van der Waals surface area contributed by atoms with E-state index < -0.39 is 21.7 Å². The molecule has 12 heteroatoms. The zero-order chi connectivity index (χ0) is 23.3. The molecule has 5 rings (SSSR count). The Morgan fingerprint density at radius 1 is 1.06 bits per heavy atom. The second-order valence-corrected chi connectivity index (χ2v) is 9.75. The summed E-state index contributed by atoms with van der Waals surface area (Å²) in [5, 5.41) is 13.0. The molecule has 172 valence electrons. The topological polar surface area (TPSA) is 108 Å². The van der Waals surface area contributed by atoms with Gasteiger partial charge >= 0.3 is 0 Å². The number of rotatable bonds is 4. The van der Waals surface area contributed by atoms with Crippen LogP contribution in [0.4, 0.5) is 14.5 Å². The molecule has 33 heavy (non-hydrogen) atoms. The summed E-state index contributed by atoms with van der Waals surface area (Å²) in [6.07, 6.45) is 4.77. The van der Waals surface area contributed by atoms with Crippen molar-refractivity contribution >= 4 is 26.7 Å². The number of aryl methyl sites for hydroxylation is 3. The van der Waals surface area contributed by atoms with Gasteiger partial charge in [0, 0.05) is 37.7 Å². The molecule has 3 aromatic heterocycles. The van der Waals surface area contributed by atoms with Crippen LogP contribution in [-0.4, -0.2) is 37.9 Å². The van der Waals surface area contributed by atoms with Crippen LogP contribution in [0.2, 0.25) is 0 Å². The molecule has 0 spiro atoms. The summed E-state index contributed by atoms with van der Waals surface area (Å²) in [5.41, 5.74) is 0.723. The first-order chi connectivity index (χ1) is 15.7. The largest absolute Gasteiger partial charge is 0.311 e. The zero-order valence-corrected chi connectivity index (χ0v) is 18.8. The van der Waals surface area contributed by atoms with Gasteiger partial charge in [-0.3, -0.25) is 9.40 Å². The van der Waals surface area contributed by atoms with Crippen LogP contribution in [-0.2, 0) is 30.0 Å². The molecule has 4 heterocycles. The van der Waals surface area contributed by atoms with Crippen molar-refractivity contribution in [2.24, 2.45) is 7.05 Å². The molecule has 0 fully saturated rings. The van der Waals surface area contributed by atoms with Gasteiger partial charge in [0.15, 0.2) is 11.5 Å². The number of hydrogen-bond donors (Lipinski definition) is 1. The van der Waals surface area contributed by atoms with Crippen molar-refractivity contribution < 1.29 is 17.2 Å². The Morgan fingerprint density at radius 2 is 1.88 bits per heavy atom. The molecule has 0 radical (unpaired) electrons. The van der Waals surface area contributed by atoms with Crippen LogP contribution in [0.5, 0.6) is 0 Å². The first-order valence-electron chi connectivity index (χ1n) is 10.5. The molecule has 0 saturated heterocycles. The van der Waals surface area contributed by atoms with E-state index in [0.29, 0.717) is 29.3 Å². The maximum atomic E-state index is 14.7. The van der Waals surface area contributed by atoms with Gasteiger partial charge in [-0.25, -0.2) is 22.2 Å². The lowest BCUT2D eigenvalue weighted by atomic mass is 10.1. The zero-order valence-electron chi connectivity index (χ0n) is 18.0. The summed E-state index contributed by atoms with van der Waals surface area (Å²) in [7, 11) is -2.51. The van der Waals surface area contributed by atoms with Crippen LogP contribution in [0.1, 0.15) is 30.8 Å². The van der Waals surface area contributed by atoms with Crippen molar-refractivity contribution in [3.05, 3.63) is 47.5 Å². The third kappa shape index (κ3) is 3.73. The highest BCUT2D eigenvalue weighted by Gasteiger charge is 2.24. The van der Waals surface area contributed by atoms with Crippen molar-refractivity contribution in [3.63, 3.8) is 0 Å². The van der Waals surface area contributed by atoms with Gasteiger partial charge < -0.3 is 4.57 Å². The quantitative estimate of drug-likeness (QED) is 0.487. The molecule has 0 amide bonds. The summed E-state index contributed by atoms with van der Waals surface area (Å²) in [4.78, 5) is 4.01. The van der Waals surface area contributed by atoms with E-state index >= 15 is 0 Å². The molecule has 0 bridgehead atoms. The highest BCUT2D eigenvalue weighted by atomic mass is 32.2. The van der Waals surface area contributed by atoms with E-state index in [9.17, 15) is 17.2 Å². The smallest absolute Gasteiger partial charge is 0.263 e. The third-order valence-corrected chi connectivity index (χ3v) is 7.13. The maximum absolute atomic E-state index is 14.7. The second kappa shape index (κ2) is 7.87. The Hall–Kier alpha value is -3.41. The predicted octanol–water partition coefficient (Wildman–Crippen LogP) is 3.34. The minimum Gasteiger partial charge on any atom is -0.311 e. The minimum atomic E-state index is -4.21. The van der Waals surface area contributed by atoms with E-state index in [1.165, 1.54) is 12.3 Å². The van der Waals surface area contributed by atoms with Crippen LogP contribution >= 0.6 is 0 Å². The minimum absolute atomic E-state index is 0.0218. The normalized spacial score (nSPS) is 14.3. The number of nitrogens with zero attached hydrogens (tertiary/aromatic N) is 6. The number of benzene rings is 1. The molecule has 4 aromatic rings. The van der Waals surface area contributed by atoms with Crippen molar-refractivity contribution in [2.45, 2.75) is 44.0 Å². The number of hydrogen-bond acceptors (Lipinski definition) is 6. The fraction of sp³-hybridized carbons (Fsp3) is 0.333. The van der Waals surface area contributed by atoms with E-state index in [1.54, 1.807) is 18.7 Å². The average Bonchev–Trinajstić information content (AvgIpc) is 3.19. The monoisotopic (exact) mass is 473 g/mol. The molecule has 1 aliphatic heterocycles. The van der Waals surface area contributed by atoms with Gasteiger partial charge in [0.25, 0.3) is 10.0 Å². The number of aromatic nitrogens is 6. The molecule has 1 N–H and O–H groups in total. The lowest BCUT2D eigenvalue weighted by Crippen LogP contribution is -2.15. The summed E-state index contributed by atoms with van der Waals surface area (Å²) in [6.45, 7) is 2.35. The Balaban J connectivity index is 1.54. The van der Waals surface area contributed by atoms with Crippen LogP contribution in [0.3, 0.4) is 0 Å². The molecule has 0 aliphatic carbocycles. The average molecular weight is 474 g/mol. The van der Waals surface area contributed by atoms with Gasteiger partial charge in [-0.15, -0.1) is 10.2 Å². The van der Waals surface area contributed by atoms with Crippen molar-refractivity contribution in [2.75, 3.05) is 4.72 Å². The van der Waals surface area contributed by atoms with Crippen molar-refractivity contribution in [1.82, 2.24) is 29.5 Å². The molecule has 0 atom stereocenters. The van der Waals surface area contributed by atoms with Gasteiger partial charge in [0.05, 0.1) is 16.9 Å². The first-order valence-corrected chi connectivity index (χ1v) is 12.0. The molecular weight excluding hydrogens is 452 g/mol. The Morgan fingerprint density at radius 3 is 2.70 bits per heavy atom. The SMILES string of the molecule is Cc1nn(C)c2ncc(S(=O)(=O)Nc3cc(-c4nnc5n4CCCCC5)c(F)cc3F)cc12. The van der Waals surface area contributed by atoms with E-state index in [-0.39, 0.29) is 22.0 Å². The van der Waals surface area contributed by atoms with Gasteiger partial charge in [-0.2, -0.15) is 5.10 Å². The van der Waals surface area contributed by atoms with Gasteiger partial charge in [0.2, 0.25) is 0 Å². The maximum Gasteiger partial charge on any atom is 0.263 e. The fourth-order valence-electron chi connectivity index (χ4n) is 4.12. The summed E-state index contributed by atoms with van der Waals surface area (Å²) in [5.74, 6) is -0.899. The number of pyridine rings is 1. The van der Waals surface area contributed by atoms with Crippen LogP contribution < -0.4 is 4.72 Å². The van der Waals surface area contributed by atoms with Gasteiger partial charge in [0.1, 0.15) is 22.4 Å². The molecular formula is C21H21F2N7O2S. The molecule has 1 aromatic carbocycles. The lowest BCUT2D eigenvalue weighted by Gasteiger charge is -2.12. The van der Waals surface area contributed by atoms with E-state index in [4.69, 9.17) is 0 Å². The number of sulfonamides is 1. The molecule has 0 unspecified atom stereocenters. The van der Waals surface area contributed by atoms with E-state index in [0.717, 1.165) is 37.6 Å². The number of nitrogens with one attached hydrogen (secondary N) is 1. The van der Waals surface area contributed by atoms with E-state index in [2.05, 4.69) is 25.0 Å². The Bertz CT molecular complexity index is 1490. The van der Waals surface area contributed by atoms with Gasteiger partial charge in [-0.05, 0) is 31.9 Å². The highest BCUT2D eigenvalue weighted by Crippen LogP contribution is 2.31. The molecule has 1 aliphatic rings. The highest BCUT2D eigenvalue weighted by molar-refractivity contribution is 7.92. The number of fused-ring (bicyclic) bond motifs is 2. The predicted molar refractivity (Wildman–Crippen MR) is 117 cm³/mol. The lowest BCUT2D eigenvalue weighted by molar-refractivity contribution is 0.581. The van der Waals surface area contributed by atoms with Crippen molar-refractivity contribution in [3.8, 4) is 11.4 Å². The molecule has 9 nitrogen and oxygen atoms in total. The molecule has 0 saturated carbocycles. The van der Waals surface area contributed by atoms with Crippen LogP contribution in [0.15, 0.2) is 29.3 Å². The third-order valence-electron chi connectivity index (χ3n) is 5.80. The second-order valence-electron chi connectivity index (χ2n) is 8.07. The summed E-state index contributed by atoms with van der Waals surface area (Å²) < 4.78 is 60.9. The van der Waals surface area contributed by atoms with Crippen molar-refractivity contribution in [1.29, 1.82) is 0 Å². The summed E-state index contributed by atoms with van der Waals surface area (Å²) >= 11 is 0. The van der Waals surface area contributed by atoms with Gasteiger partial charge in [-0.1, -0.05) is 6.42 Å². The van der Waals surface area contributed by atoms with E-state index in [1.807, 2.05) is 4.57 Å². The fourth-order valence-corrected chi connectivity index (χ4v) is 5.15. The van der Waals surface area contributed by atoms with Crippen LogP contribution in [0, 0.1) is 18.6 Å².